The van der Waals surface area contributed by atoms with Crippen molar-refractivity contribution in [3.05, 3.63) is 0 Å². The molecule has 0 heterocycles. The van der Waals surface area contributed by atoms with Crippen LogP contribution < -0.4 is 0 Å². The predicted octanol–water partition coefficient (Wildman–Crippen LogP) is 2.21. The maximum absolute atomic E-state index is 9.42. The van der Waals surface area contributed by atoms with Crippen molar-refractivity contribution in [2.24, 2.45) is 5.92 Å². The van der Waals surface area contributed by atoms with Crippen molar-refractivity contribution in [3.8, 4) is 11.8 Å². The van der Waals surface area contributed by atoms with Gasteiger partial charge in [-0.3, -0.25) is 0 Å². The highest BCUT2D eigenvalue weighted by Crippen LogP contribution is 2.12. The van der Waals surface area contributed by atoms with E-state index in [4.69, 9.17) is 4.74 Å². The summed E-state index contributed by atoms with van der Waals surface area (Å²) in [5, 5.41) is 9.42. The van der Waals surface area contributed by atoms with Gasteiger partial charge in [0.1, 0.15) is 6.10 Å². The number of ether oxygens (including phenoxy) is 1. The summed E-state index contributed by atoms with van der Waals surface area (Å²) < 4.78 is 5.61. The standard InChI is InChI=1S/C12H22O2/c1-6-7-11(13)8-10(2)9-14-12(3,4)5/h10-11,13H,8-9H2,1-5H3/t10-,11+/m1/s1. The minimum Gasteiger partial charge on any atom is -0.380 e. The molecule has 2 heteroatoms. The molecule has 0 aromatic heterocycles. The topological polar surface area (TPSA) is 29.5 Å². The van der Waals surface area contributed by atoms with Crippen molar-refractivity contribution in [1.82, 2.24) is 0 Å². The molecule has 0 bridgehead atoms. The number of hydrogen-bond acceptors (Lipinski definition) is 2. The number of aliphatic hydroxyl groups is 1. The van der Waals surface area contributed by atoms with Gasteiger partial charge in [0.25, 0.3) is 0 Å². The molecule has 0 aliphatic rings. The lowest BCUT2D eigenvalue weighted by molar-refractivity contribution is -0.0245. The third-order valence-corrected chi connectivity index (χ3v) is 1.74. The van der Waals surface area contributed by atoms with Gasteiger partial charge in [-0.2, -0.15) is 0 Å². The van der Waals surface area contributed by atoms with E-state index in [9.17, 15) is 5.11 Å². The van der Waals surface area contributed by atoms with E-state index in [1.54, 1.807) is 6.92 Å². The van der Waals surface area contributed by atoms with Gasteiger partial charge in [0, 0.05) is 6.61 Å². The van der Waals surface area contributed by atoms with Crippen molar-refractivity contribution in [2.75, 3.05) is 6.61 Å². The Kier molecular flexibility index (Phi) is 5.83. The first-order valence-corrected chi connectivity index (χ1v) is 5.09. The zero-order valence-electron chi connectivity index (χ0n) is 9.92. The molecular formula is C12H22O2. The van der Waals surface area contributed by atoms with Crippen LogP contribution in [0.4, 0.5) is 0 Å². The van der Waals surface area contributed by atoms with Gasteiger partial charge in [0.05, 0.1) is 5.60 Å². The Morgan fingerprint density at radius 1 is 1.36 bits per heavy atom. The summed E-state index contributed by atoms with van der Waals surface area (Å²) in [5.74, 6) is 5.77. The van der Waals surface area contributed by atoms with Crippen LogP contribution in [-0.2, 0) is 4.74 Å². The lowest BCUT2D eigenvalue weighted by Gasteiger charge is -2.22. The molecule has 82 valence electrons. The fraction of sp³-hybridized carbons (Fsp3) is 0.833. The molecule has 14 heavy (non-hydrogen) atoms. The van der Waals surface area contributed by atoms with Crippen LogP contribution in [0.15, 0.2) is 0 Å². The summed E-state index contributed by atoms with van der Waals surface area (Å²) in [6.07, 6.45) is 0.162. The average Bonchev–Trinajstić information content (AvgIpc) is 2.00. The van der Waals surface area contributed by atoms with Gasteiger partial charge in [-0.25, -0.2) is 0 Å². The molecular weight excluding hydrogens is 176 g/mol. The molecule has 0 radical (unpaired) electrons. The van der Waals surface area contributed by atoms with Crippen LogP contribution in [0.25, 0.3) is 0 Å². The monoisotopic (exact) mass is 198 g/mol. The first-order chi connectivity index (χ1) is 6.35. The Balaban J connectivity index is 3.74. The second kappa shape index (κ2) is 6.06. The van der Waals surface area contributed by atoms with Gasteiger partial charge in [0.15, 0.2) is 0 Å². The Morgan fingerprint density at radius 3 is 2.36 bits per heavy atom. The molecule has 0 aliphatic heterocycles. The summed E-state index contributed by atoms with van der Waals surface area (Å²) in [5.41, 5.74) is -0.102. The Hall–Kier alpha value is -0.520. The molecule has 0 saturated heterocycles. The van der Waals surface area contributed by atoms with Crippen LogP contribution in [-0.4, -0.2) is 23.4 Å². The van der Waals surface area contributed by atoms with E-state index in [2.05, 4.69) is 18.8 Å². The van der Waals surface area contributed by atoms with Crippen LogP contribution in [0, 0.1) is 17.8 Å². The van der Waals surface area contributed by atoms with Crippen LogP contribution in [0.5, 0.6) is 0 Å². The maximum atomic E-state index is 9.42. The quantitative estimate of drug-likeness (QED) is 0.702. The van der Waals surface area contributed by atoms with E-state index in [0.29, 0.717) is 18.9 Å². The molecule has 0 saturated carbocycles. The van der Waals surface area contributed by atoms with E-state index in [0.717, 1.165) is 0 Å². The van der Waals surface area contributed by atoms with Crippen molar-refractivity contribution in [1.29, 1.82) is 0 Å². The van der Waals surface area contributed by atoms with Crippen molar-refractivity contribution < 1.29 is 9.84 Å². The fourth-order valence-corrected chi connectivity index (χ4v) is 1.07. The van der Waals surface area contributed by atoms with Crippen molar-refractivity contribution in [2.45, 2.75) is 52.7 Å². The highest BCUT2D eigenvalue weighted by molar-refractivity contribution is 5.01. The van der Waals surface area contributed by atoms with E-state index >= 15 is 0 Å². The van der Waals surface area contributed by atoms with E-state index in [1.807, 2.05) is 20.8 Å². The van der Waals surface area contributed by atoms with Crippen molar-refractivity contribution in [3.63, 3.8) is 0 Å². The number of rotatable bonds is 4. The smallest absolute Gasteiger partial charge is 0.115 e. The van der Waals surface area contributed by atoms with Crippen LogP contribution in [0.2, 0.25) is 0 Å². The summed E-state index contributed by atoms with van der Waals surface area (Å²) in [6.45, 7) is 10.6. The van der Waals surface area contributed by atoms with E-state index in [-0.39, 0.29) is 5.60 Å². The molecule has 0 fully saturated rings. The Labute approximate surface area is 87.7 Å². The summed E-state index contributed by atoms with van der Waals surface area (Å²) in [4.78, 5) is 0. The van der Waals surface area contributed by atoms with Crippen LogP contribution >= 0.6 is 0 Å². The third kappa shape index (κ3) is 8.10. The molecule has 1 N–H and O–H groups in total. The van der Waals surface area contributed by atoms with Gasteiger partial charge in [0.2, 0.25) is 0 Å². The molecule has 0 aromatic carbocycles. The molecule has 0 unspecified atom stereocenters. The largest absolute Gasteiger partial charge is 0.380 e. The second-order valence-corrected chi connectivity index (χ2v) is 4.67. The average molecular weight is 198 g/mol. The molecule has 0 aliphatic carbocycles. The van der Waals surface area contributed by atoms with Gasteiger partial charge in [-0.05, 0) is 40.0 Å². The highest BCUT2D eigenvalue weighted by Gasteiger charge is 2.14. The first kappa shape index (κ1) is 13.5. The SMILES string of the molecule is CC#C[C@H](O)C[C@@H](C)COC(C)(C)C. The summed E-state index contributed by atoms with van der Waals surface area (Å²) >= 11 is 0. The fourth-order valence-electron chi connectivity index (χ4n) is 1.07. The van der Waals surface area contributed by atoms with Gasteiger partial charge in [-0.1, -0.05) is 12.8 Å². The van der Waals surface area contributed by atoms with E-state index < -0.39 is 6.10 Å². The Bertz CT molecular complexity index is 205. The van der Waals surface area contributed by atoms with Crippen LogP contribution in [0.1, 0.15) is 41.0 Å². The first-order valence-electron chi connectivity index (χ1n) is 5.09. The van der Waals surface area contributed by atoms with Gasteiger partial charge in [-0.15, -0.1) is 5.92 Å². The highest BCUT2D eigenvalue weighted by atomic mass is 16.5. The minimum atomic E-state index is -0.515. The van der Waals surface area contributed by atoms with Gasteiger partial charge < -0.3 is 9.84 Å². The zero-order chi connectivity index (χ0) is 11.2. The minimum absolute atomic E-state index is 0.102. The molecule has 0 spiro atoms. The van der Waals surface area contributed by atoms with E-state index in [1.165, 1.54) is 0 Å². The lowest BCUT2D eigenvalue weighted by atomic mass is 10.0. The zero-order valence-corrected chi connectivity index (χ0v) is 9.92. The number of aliphatic hydroxyl groups excluding tert-OH is 1. The molecule has 2 atom stereocenters. The molecule has 0 rings (SSSR count). The lowest BCUT2D eigenvalue weighted by Crippen LogP contribution is -2.24. The van der Waals surface area contributed by atoms with Crippen molar-refractivity contribution >= 4 is 0 Å². The Morgan fingerprint density at radius 2 is 1.93 bits per heavy atom. The van der Waals surface area contributed by atoms with Crippen LogP contribution in [0.3, 0.4) is 0 Å². The molecule has 0 aromatic rings. The number of hydrogen-bond donors (Lipinski definition) is 1. The maximum Gasteiger partial charge on any atom is 0.115 e. The summed E-state index contributed by atoms with van der Waals surface area (Å²) in [7, 11) is 0. The van der Waals surface area contributed by atoms with Gasteiger partial charge >= 0.3 is 0 Å². The second-order valence-electron chi connectivity index (χ2n) is 4.67. The normalized spacial score (nSPS) is 15.6. The molecule has 2 nitrogen and oxygen atoms in total. The molecule has 0 amide bonds. The third-order valence-electron chi connectivity index (χ3n) is 1.74. The summed E-state index contributed by atoms with van der Waals surface area (Å²) in [6, 6.07) is 0. The predicted molar refractivity (Wildman–Crippen MR) is 58.9 cm³/mol.